The van der Waals surface area contributed by atoms with Gasteiger partial charge in [-0.3, -0.25) is 18.7 Å². The first kappa shape index (κ1) is 21.5. The van der Waals surface area contributed by atoms with Crippen molar-refractivity contribution in [2.75, 3.05) is 6.54 Å². The Kier molecular flexibility index (Phi) is 5.93. The largest absolute Gasteiger partial charge is 0.348 e. The topological polar surface area (TPSA) is 115 Å². The Morgan fingerprint density at radius 1 is 1.22 bits per heavy atom. The Morgan fingerprint density at radius 3 is 2.78 bits per heavy atom. The highest BCUT2D eigenvalue weighted by molar-refractivity contribution is 6.30. The van der Waals surface area contributed by atoms with E-state index >= 15 is 0 Å². The van der Waals surface area contributed by atoms with Crippen molar-refractivity contribution in [1.29, 1.82) is 0 Å². The maximum absolute atomic E-state index is 13.1. The molecule has 0 fully saturated rings. The van der Waals surface area contributed by atoms with Gasteiger partial charge in [0.1, 0.15) is 0 Å². The molecule has 1 aromatic heterocycles. The molecule has 1 amide bonds. The van der Waals surface area contributed by atoms with Gasteiger partial charge in [-0.15, -0.1) is 0 Å². The van der Waals surface area contributed by atoms with Crippen molar-refractivity contribution in [1.82, 2.24) is 19.6 Å². The van der Waals surface area contributed by atoms with E-state index in [0.717, 1.165) is 15.7 Å². The number of carbonyl (C=O) groups is 1. The van der Waals surface area contributed by atoms with Crippen LogP contribution in [-0.4, -0.2) is 32.9 Å². The first-order valence-electron chi connectivity index (χ1n) is 9.85. The third kappa shape index (κ3) is 4.34. The molecular formula is C22H21ClN6O3. The zero-order chi connectivity index (χ0) is 22.8. The van der Waals surface area contributed by atoms with Gasteiger partial charge >= 0.3 is 5.69 Å². The van der Waals surface area contributed by atoms with Crippen LogP contribution in [-0.2, 0) is 13.6 Å². The minimum Gasteiger partial charge on any atom is -0.348 e. The number of benzene rings is 2. The monoisotopic (exact) mass is 452 g/mol. The molecule has 2 heterocycles. The smallest absolute Gasteiger partial charge is 0.331 e. The van der Waals surface area contributed by atoms with Crippen molar-refractivity contribution in [3.63, 3.8) is 0 Å². The maximum atomic E-state index is 13.1. The van der Waals surface area contributed by atoms with Crippen LogP contribution >= 0.6 is 11.6 Å². The Morgan fingerprint density at radius 2 is 2.03 bits per heavy atom. The van der Waals surface area contributed by atoms with Gasteiger partial charge in [-0.05, 0) is 41.5 Å². The number of hydrazone groups is 1. The second-order valence-corrected chi connectivity index (χ2v) is 7.88. The maximum Gasteiger partial charge on any atom is 0.331 e. The summed E-state index contributed by atoms with van der Waals surface area (Å²) in [5.74, 6) is 5.26. The number of nitrogens with one attached hydrogen (secondary N) is 1. The number of hydrazine groups is 1. The lowest BCUT2D eigenvalue weighted by atomic mass is 10.1. The van der Waals surface area contributed by atoms with Crippen molar-refractivity contribution in [3.8, 4) is 0 Å². The van der Waals surface area contributed by atoms with Crippen molar-refractivity contribution in [3.05, 3.63) is 91.2 Å². The fraction of sp³-hybridized carbons (Fsp3) is 0.182. The van der Waals surface area contributed by atoms with Crippen LogP contribution in [0.1, 0.15) is 22.3 Å². The number of rotatable bonds is 5. The molecule has 0 aliphatic carbocycles. The van der Waals surface area contributed by atoms with E-state index in [1.165, 1.54) is 15.8 Å². The van der Waals surface area contributed by atoms with E-state index < -0.39 is 11.2 Å². The van der Waals surface area contributed by atoms with Gasteiger partial charge in [0.25, 0.3) is 11.5 Å². The molecule has 3 aromatic rings. The van der Waals surface area contributed by atoms with Gasteiger partial charge in [0.2, 0.25) is 0 Å². The molecule has 0 saturated heterocycles. The minimum absolute atomic E-state index is 0.0731. The summed E-state index contributed by atoms with van der Waals surface area (Å²) in [5, 5.41) is 8.69. The third-order valence-electron chi connectivity index (χ3n) is 5.20. The molecule has 0 atom stereocenters. The quantitative estimate of drug-likeness (QED) is 0.570. The predicted molar refractivity (Wildman–Crippen MR) is 124 cm³/mol. The number of fused-ring (bicyclic) bond motifs is 1. The fourth-order valence-electron chi connectivity index (χ4n) is 3.55. The van der Waals surface area contributed by atoms with Crippen LogP contribution < -0.4 is 22.4 Å². The summed E-state index contributed by atoms with van der Waals surface area (Å²) in [6.45, 7) is 0.368. The number of hydrogen-bond acceptors (Lipinski definition) is 6. The molecule has 2 aromatic carbocycles. The highest BCUT2D eigenvalue weighted by Gasteiger charge is 2.15. The normalized spacial score (nSPS) is 13.3. The first-order chi connectivity index (χ1) is 15.3. The van der Waals surface area contributed by atoms with E-state index in [-0.39, 0.29) is 17.8 Å². The second-order valence-electron chi connectivity index (χ2n) is 7.45. The van der Waals surface area contributed by atoms with Gasteiger partial charge < -0.3 is 5.32 Å². The number of carbonyl (C=O) groups excluding carboxylic acids is 1. The number of amides is 1. The van der Waals surface area contributed by atoms with E-state index in [9.17, 15) is 14.4 Å². The van der Waals surface area contributed by atoms with Gasteiger partial charge in [0, 0.05) is 43.0 Å². The lowest BCUT2D eigenvalue weighted by Crippen LogP contribution is -2.39. The van der Waals surface area contributed by atoms with E-state index in [1.54, 1.807) is 55.9 Å². The van der Waals surface area contributed by atoms with Crippen LogP contribution in [0.25, 0.3) is 10.9 Å². The predicted octanol–water partition coefficient (Wildman–Crippen LogP) is 1.58. The standard InChI is InChI=1S/C22H21ClN6O3/c1-27-19-6-5-16(20(30)25-11-15-7-8-26-29(24)13-15)10-18(19)21(31)28(22(27)32)12-14-3-2-4-17(23)9-14/h2-6,8-10,13H,7,11-12,24H2,1H3,(H,25,30). The number of aryl methyl sites for hydroxylation is 1. The van der Waals surface area contributed by atoms with Gasteiger partial charge in [0.05, 0.1) is 17.4 Å². The fourth-order valence-corrected chi connectivity index (χ4v) is 3.77. The van der Waals surface area contributed by atoms with Gasteiger partial charge in [-0.25, -0.2) is 15.8 Å². The zero-order valence-electron chi connectivity index (χ0n) is 17.3. The van der Waals surface area contributed by atoms with Gasteiger partial charge in [0.15, 0.2) is 0 Å². The zero-order valence-corrected chi connectivity index (χ0v) is 18.0. The van der Waals surface area contributed by atoms with Crippen LogP contribution in [0, 0.1) is 0 Å². The van der Waals surface area contributed by atoms with E-state index in [1.807, 2.05) is 0 Å². The molecule has 3 N–H and O–H groups in total. The number of nitrogens with two attached hydrogens (primary N) is 1. The Labute approximate surface area is 188 Å². The lowest BCUT2D eigenvalue weighted by molar-refractivity contribution is 0.0956. The van der Waals surface area contributed by atoms with Crippen LogP contribution in [0.3, 0.4) is 0 Å². The van der Waals surface area contributed by atoms with Crippen LogP contribution in [0.15, 0.2) is 68.9 Å². The van der Waals surface area contributed by atoms with E-state index in [2.05, 4.69) is 10.4 Å². The summed E-state index contributed by atoms with van der Waals surface area (Å²) in [7, 11) is 1.59. The lowest BCUT2D eigenvalue weighted by Gasteiger charge is -2.15. The summed E-state index contributed by atoms with van der Waals surface area (Å²) in [6, 6.07) is 11.7. The van der Waals surface area contributed by atoms with Crippen LogP contribution in [0.4, 0.5) is 0 Å². The first-order valence-corrected chi connectivity index (χ1v) is 10.2. The van der Waals surface area contributed by atoms with Crippen LogP contribution in [0.2, 0.25) is 5.02 Å². The highest BCUT2D eigenvalue weighted by Crippen LogP contribution is 2.14. The molecule has 164 valence electrons. The second kappa shape index (κ2) is 8.81. The molecule has 0 bridgehead atoms. The Bertz CT molecular complexity index is 1390. The van der Waals surface area contributed by atoms with Crippen molar-refractivity contribution in [2.45, 2.75) is 13.0 Å². The number of nitrogens with zero attached hydrogens (tertiary/aromatic N) is 4. The molecule has 1 aliphatic heterocycles. The van der Waals surface area contributed by atoms with Crippen molar-refractivity contribution >= 4 is 34.6 Å². The SMILES string of the molecule is Cn1c(=O)n(Cc2cccc(Cl)c2)c(=O)c2cc(C(=O)NCC3=CN(N)N=CC3)ccc21. The number of aromatic nitrogens is 2. The molecule has 9 nitrogen and oxygen atoms in total. The summed E-state index contributed by atoms with van der Waals surface area (Å²) in [5.41, 5.74) is 1.46. The summed E-state index contributed by atoms with van der Waals surface area (Å²) in [4.78, 5) is 38.6. The van der Waals surface area contributed by atoms with Crippen molar-refractivity contribution < 1.29 is 4.79 Å². The molecule has 0 saturated carbocycles. The van der Waals surface area contributed by atoms with Gasteiger partial charge in [-0.2, -0.15) is 5.10 Å². The number of hydrogen-bond donors (Lipinski definition) is 2. The van der Waals surface area contributed by atoms with E-state index in [4.69, 9.17) is 17.4 Å². The molecule has 0 radical (unpaired) electrons. The highest BCUT2D eigenvalue weighted by atomic mass is 35.5. The summed E-state index contributed by atoms with van der Waals surface area (Å²) < 4.78 is 2.53. The number of halogens is 1. The average Bonchev–Trinajstić information content (AvgIpc) is 2.78. The summed E-state index contributed by atoms with van der Waals surface area (Å²) >= 11 is 6.03. The third-order valence-corrected chi connectivity index (χ3v) is 5.44. The van der Waals surface area contributed by atoms with Crippen LogP contribution in [0.5, 0.6) is 0 Å². The molecule has 32 heavy (non-hydrogen) atoms. The Balaban J connectivity index is 1.66. The molecule has 0 unspecified atom stereocenters. The molecule has 1 aliphatic rings. The molecular weight excluding hydrogens is 432 g/mol. The molecule has 4 rings (SSSR count). The van der Waals surface area contributed by atoms with Gasteiger partial charge in [-0.1, -0.05) is 23.7 Å². The molecule has 0 spiro atoms. The average molecular weight is 453 g/mol. The molecule has 10 heteroatoms. The Hall–Kier alpha value is -3.69. The van der Waals surface area contributed by atoms with Crippen molar-refractivity contribution in [2.24, 2.45) is 18.0 Å². The minimum atomic E-state index is -0.470. The van der Waals surface area contributed by atoms with E-state index in [0.29, 0.717) is 29.1 Å². The summed E-state index contributed by atoms with van der Waals surface area (Å²) in [6.07, 6.45) is 3.88.